The van der Waals surface area contributed by atoms with Gasteiger partial charge in [0.15, 0.2) is 6.10 Å². The molecule has 29 heavy (non-hydrogen) atoms. The first kappa shape index (κ1) is 19.7. The van der Waals surface area contributed by atoms with Gasteiger partial charge in [0, 0.05) is 11.1 Å². The molecule has 0 radical (unpaired) electrons. The van der Waals surface area contributed by atoms with E-state index < -0.39 is 29.8 Å². The number of amides is 3. The minimum absolute atomic E-state index is 0.0167. The molecule has 1 heterocycles. The number of aromatic nitrogens is 2. The largest absolute Gasteiger partial charge is 0.436 e. The van der Waals surface area contributed by atoms with Crippen molar-refractivity contribution in [2.75, 3.05) is 0 Å². The van der Waals surface area contributed by atoms with Crippen molar-refractivity contribution >= 4 is 17.9 Å². The van der Waals surface area contributed by atoms with Crippen molar-refractivity contribution in [2.24, 2.45) is 5.73 Å². The summed E-state index contributed by atoms with van der Waals surface area (Å²) < 4.78 is 23.6. The molecule has 9 nitrogen and oxygen atoms in total. The number of benzene rings is 2. The van der Waals surface area contributed by atoms with E-state index in [-0.39, 0.29) is 22.8 Å². The summed E-state index contributed by atoms with van der Waals surface area (Å²) >= 11 is 0. The SMILES string of the molecule is C[C@@H](OC(=O)NC(=O)c1cccc(-c2noc(-c3ccccc3F)n2)c1)C(N)=O. The van der Waals surface area contributed by atoms with E-state index >= 15 is 0 Å². The molecule has 0 saturated carbocycles. The molecule has 0 aliphatic heterocycles. The molecule has 0 fully saturated rings. The zero-order chi connectivity index (χ0) is 21.0. The van der Waals surface area contributed by atoms with Crippen LogP contribution in [-0.2, 0) is 9.53 Å². The van der Waals surface area contributed by atoms with Crippen LogP contribution in [-0.4, -0.2) is 34.2 Å². The topological polar surface area (TPSA) is 137 Å². The van der Waals surface area contributed by atoms with Crippen LogP contribution >= 0.6 is 0 Å². The highest BCUT2D eigenvalue weighted by Gasteiger charge is 2.19. The van der Waals surface area contributed by atoms with Gasteiger partial charge in [0.1, 0.15) is 5.82 Å². The van der Waals surface area contributed by atoms with Gasteiger partial charge in [-0.1, -0.05) is 29.4 Å². The second-order valence-corrected chi connectivity index (χ2v) is 5.89. The van der Waals surface area contributed by atoms with Crippen LogP contribution in [0.15, 0.2) is 53.1 Å². The Labute approximate surface area is 163 Å². The number of nitrogens with zero attached hydrogens (tertiary/aromatic N) is 2. The van der Waals surface area contributed by atoms with Crippen LogP contribution in [0, 0.1) is 5.82 Å². The summed E-state index contributed by atoms with van der Waals surface area (Å²) in [6.45, 7) is 1.27. The Morgan fingerprint density at radius 1 is 1.17 bits per heavy atom. The Morgan fingerprint density at radius 3 is 2.66 bits per heavy atom. The first-order valence-corrected chi connectivity index (χ1v) is 8.35. The molecule has 0 saturated heterocycles. The van der Waals surface area contributed by atoms with Crippen LogP contribution < -0.4 is 11.1 Å². The lowest BCUT2D eigenvalue weighted by Gasteiger charge is -2.10. The van der Waals surface area contributed by atoms with Gasteiger partial charge in [0.05, 0.1) is 5.56 Å². The van der Waals surface area contributed by atoms with Gasteiger partial charge in [0.2, 0.25) is 5.82 Å². The highest BCUT2D eigenvalue weighted by Crippen LogP contribution is 2.24. The molecule has 148 valence electrons. The summed E-state index contributed by atoms with van der Waals surface area (Å²) in [6.07, 6.45) is -2.31. The van der Waals surface area contributed by atoms with Crippen LogP contribution in [0.4, 0.5) is 9.18 Å². The van der Waals surface area contributed by atoms with Gasteiger partial charge in [0.25, 0.3) is 17.7 Å². The number of nitrogens with two attached hydrogens (primary N) is 1. The van der Waals surface area contributed by atoms with Crippen LogP contribution in [0.1, 0.15) is 17.3 Å². The number of alkyl carbamates (subject to hydrolysis) is 1. The maximum absolute atomic E-state index is 13.9. The smallest absolute Gasteiger partial charge is 0.414 e. The molecule has 0 unspecified atom stereocenters. The van der Waals surface area contributed by atoms with Crippen molar-refractivity contribution in [1.29, 1.82) is 0 Å². The summed E-state index contributed by atoms with van der Waals surface area (Å²) in [5, 5.41) is 5.77. The number of nitrogens with one attached hydrogen (secondary N) is 1. The number of imide groups is 1. The standard InChI is InChI=1S/C19H15FN4O5/c1-10(15(21)25)28-19(27)23-17(26)12-6-4-5-11(9-12)16-22-18(29-24-16)13-7-2-3-8-14(13)20/h2-10H,1H3,(H2,21,25)(H,23,26,27)/t10-/m1/s1. The molecule has 1 atom stereocenters. The number of primary amides is 1. The molecular formula is C19H15FN4O5. The highest BCUT2D eigenvalue weighted by atomic mass is 19.1. The van der Waals surface area contributed by atoms with Crippen LogP contribution in [0.5, 0.6) is 0 Å². The first-order chi connectivity index (χ1) is 13.8. The maximum atomic E-state index is 13.9. The minimum Gasteiger partial charge on any atom is -0.436 e. The second kappa shape index (κ2) is 8.30. The molecule has 0 bridgehead atoms. The predicted molar refractivity (Wildman–Crippen MR) is 97.7 cm³/mol. The Kier molecular flexibility index (Phi) is 5.63. The lowest BCUT2D eigenvalue weighted by atomic mass is 10.1. The molecule has 3 aromatic rings. The number of carbonyl (C=O) groups excluding carboxylic acids is 3. The molecule has 3 amide bonds. The summed E-state index contributed by atoms with van der Waals surface area (Å²) in [7, 11) is 0. The van der Waals surface area contributed by atoms with Crippen molar-refractivity contribution in [2.45, 2.75) is 13.0 Å². The van der Waals surface area contributed by atoms with E-state index in [0.29, 0.717) is 5.56 Å². The normalized spacial score (nSPS) is 11.5. The molecule has 0 aliphatic carbocycles. The average Bonchev–Trinajstić information content (AvgIpc) is 3.18. The molecule has 10 heteroatoms. The minimum atomic E-state index is -1.19. The summed E-state index contributed by atoms with van der Waals surface area (Å²) in [4.78, 5) is 38.9. The monoisotopic (exact) mass is 398 g/mol. The van der Waals surface area contributed by atoms with E-state index in [1.54, 1.807) is 18.2 Å². The fourth-order valence-corrected chi connectivity index (χ4v) is 2.30. The second-order valence-electron chi connectivity index (χ2n) is 5.89. The van der Waals surface area contributed by atoms with Crippen molar-refractivity contribution in [3.05, 3.63) is 59.9 Å². The fraction of sp³-hybridized carbons (Fsp3) is 0.105. The third-order valence-electron chi connectivity index (χ3n) is 3.81. The quantitative estimate of drug-likeness (QED) is 0.672. The van der Waals surface area contributed by atoms with E-state index in [1.165, 1.54) is 37.3 Å². The zero-order valence-corrected chi connectivity index (χ0v) is 15.1. The number of hydrogen-bond acceptors (Lipinski definition) is 7. The van der Waals surface area contributed by atoms with E-state index in [4.69, 9.17) is 10.3 Å². The van der Waals surface area contributed by atoms with Crippen molar-refractivity contribution in [1.82, 2.24) is 15.5 Å². The Balaban J connectivity index is 1.76. The van der Waals surface area contributed by atoms with Gasteiger partial charge < -0.3 is 15.0 Å². The van der Waals surface area contributed by atoms with E-state index in [9.17, 15) is 18.8 Å². The van der Waals surface area contributed by atoms with Gasteiger partial charge in [-0.2, -0.15) is 4.98 Å². The van der Waals surface area contributed by atoms with Crippen LogP contribution in [0.25, 0.3) is 22.8 Å². The van der Waals surface area contributed by atoms with Crippen molar-refractivity contribution in [3.8, 4) is 22.8 Å². The molecule has 1 aromatic heterocycles. The van der Waals surface area contributed by atoms with Crippen molar-refractivity contribution in [3.63, 3.8) is 0 Å². The predicted octanol–water partition coefficient (Wildman–Crippen LogP) is 2.28. The third-order valence-corrected chi connectivity index (χ3v) is 3.81. The van der Waals surface area contributed by atoms with Gasteiger partial charge in [-0.15, -0.1) is 0 Å². The fourth-order valence-electron chi connectivity index (χ4n) is 2.30. The number of rotatable bonds is 5. The summed E-state index contributed by atoms with van der Waals surface area (Å²) in [5.41, 5.74) is 5.64. The lowest BCUT2D eigenvalue weighted by molar-refractivity contribution is -0.125. The average molecular weight is 398 g/mol. The first-order valence-electron chi connectivity index (χ1n) is 8.35. The third kappa shape index (κ3) is 4.61. The molecule has 0 spiro atoms. The molecule has 3 rings (SSSR count). The number of carbonyl (C=O) groups is 3. The van der Waals surface area contributed by atoms with Crippen LogP contribution in [0.2, 0.25) is 0 Å². The Hall–Kier alpha value is -4.08. The van der Waals surface area contributed by atoms with Gasteiger partial charge in [-0.05, 0) is 31.2 Å². The Morgan fingerprint density at radius 2 is 1.93 bits per heavy atom. The molecular weight excluding hydrogens is 383 g/mol. The summed E-state index contributed by atoms with van der Waals surface area (Å²) in [6, 6.07) is 11.9. The maximum Gasteiger partial charge on any atom is 0.414 e. The van der Waals surface area contributed by atoms with E-state index in [0.717, 1.165) is 0 Å². The van der Waals surface area contributed by atoms with Gasteiger partial charge >= 0.3 is 6.09 Å². The van der Waals surface area contributed by atoms with Crippen LogP contribution in [0.3, 0.4) is 0 Å². The van der Waals surface area contributed by atoms with E-state index in [2.05, 4.69) is 14.9 Å². The van der Waals surface area contributed by atoms with Gasteiger partial charge in [-0.25, -0.2) is 9.18 Å². The molecule has 2 aromatic carbocycles. The van der Waals surface area contributed by atoms with Crippen molar-refractivity contribution < 1.29 is 28.0 Å². The summed E-state index contributed by atoms with van der Waals surface area (Å²) in [5.74, 6) is -2.02. The zero-order valence-electron chi connectivity index (χ0n) is 15.1. The lowest BCUT2D eigenvalue weighted by Crippen LogP contribution is -2.37. The number of halogens is 1. The molecule has 0 aliphatic rings. The number of ether oxygens (including phenoxy) is 1. The van der Waals surface area contributed by atoms with Gasteiger partial charge in [-0.3, -0.25) is 14.9 Å². The number of hydrogen-bond donors (Lipinski definition) is 2. The Bertz CT molecular complexity index is 1080. The van der Waals surface area contributed by atoms with E-state index in [1.807, 2.05) is 5.32 Å². The molecule has 3 N–H and O–H groups in total. The highest BCUT2D eigenvalue weighted by molar-refractivity contribution is 6.03.